The van der Waals surface area contributed by atoms with Gasteiger partial charge >= 0.3 is 5.69 Å². The molecule has 4 heterocycles. The zero-order valence-electron chi connectivity index (χ0n) is 23.1. The van der Waals surface area contributed by atoms with Crippen molar-refractivity contribution < 1.29 is 0 Å². The average Bonchev–Trinajstić information content (AvgIpc) is 3.32. The number of nitrogens with zero attached hydrogens (tertiary/aromatic N) is 8. The Morgan fingerprint density at radius 2 is 1.78 bits per heavy atom. The van der Waals surface area contributed by atoms with Gasteiger partial charge in [-0.05, 0) is 44.0 Å². The maximum Gasteiger partial charge on any atom is 0.332 e. The lowest BCUT2D eigenvalue weighted by atomic mass is 10.1. The lowest BCUT2D eigenvalue weighted by Crippen LogP contribution is -2.42. The first-order chi connectivity index (χ1) is 19.8. The fourth-order valence-corrected chi connectivity index (χ4v) is 5.73. The van der Waals surface area contributed by atoms with Gasteiger partial charge in [-0.3, -0.25) is 18.8 Å². The number of aryl methyl sites for hydroxylation is 2. The largest absolute Gasteiger partial charge is 0.332 e. The molecule has 11 heteroatoms. The minimum absolute atomic E-state index is 0.0767. The van der Waals surface area contributed by atoms with E-state index in [1.54, 1.807) is 13.1 Å². The molecule has 41 heavy (non-hydrogen) atoms. The predicted molar refractivity (Wildman–Crippen MR) is 155 cm³/mol. The molecule has 208 valence electrons. The lowest BCUT2D eigenvalue weighted by Gasteiger charge is -2.30. The number of nitriles is 1. The molecule has 0 saturated carbocycles. The molecule has 0 bridgehead atoms. The molecule has 1 fully saturated rings. The van der Waals surface area contributed by atoms with Crippen LogP contribution in [0, 0.1) is 18.3 Å². The number of aromatic nitrogens is 6. The quantitative estimate of drug-likeness (QED) is 0.339. The molecule has 1 saturated heterocycles. The van der Waals surface area contributed by atoms with E-state index in [-0.39, 0.29) is 19.1 Å². The van der Waals surface area contributed by atoms with E-state index in [0.717, 1.165) is 48.1 Å². The molecule has 6 rings (SSSR count). The zero-order valence-corrected chi connectivity index (χ0v) is 23.1. The maximum atomic E-state index is 14.1. The number of imidazole rings is 1. The number of fused-ring (bicyclic) bond motifs is 2. The van der Waals surface area contributed by atoms with Gasteiger partial charge in [0.25, 0.3) is 5.56 Å². The van der Waals surface area contributed by atoms with Crippen LogP contribution in [0.3, 0.4) is 0 Å². The predicted octanol–water partition coefficient (Wildman–Crippen LogP) is 2.04. The summed E-state index contributed by atoms with van der Waals surface area (Å²) in [5, 5.41) is 10.7. The molecule has 2 N–H and O–H groups in total. The van der Waals surface area contributed by atoms with Crippen molar-refractivity contribution in [2.75, 3.05) is 13.1 Å². The van der Waals surface area contributed by atoms with Crippen LogP contribution in [-0.2, 0) is 26.7 Å². The third kappa shape index (κ3) is 4.92. The highest BCUT2D eigenvalue weighted by Gasteiger charge is 2.25. The summed E-state index contributed by atoms with van der Waals surface area (Å²) in [6, 6.07) is 17.3. The monoisotopic (exact) mass is 549 g/mol. The Kier molecular flexibility index (Phi) is 6.95. The summed E-state index contributed by atoms with van der Waals surface area (Å²) in [6.45, 7) is 4.13. The summed E-state index contributed by atoms with van der Waals surface area (Å²) >= 11 is 0. The van der Waals surface area contributed by atoms with Crippen molar-refractivity contribution in [3.8, 4) is 6.07 Å². The number of hydrogen-bond acceptors (Lipinski definition) is 8. The van der Waals surface area contributed by atoms with Crippen LogP contribution in [0.25, 0.3) is 22.1 Å². The van der Waals surface area contributed by atoms with E-state index in [1.807, 2.05) is 54.0 Å². The molecular weight excluding hydrogens is 518 g/mol. The first-order valence-electron chi connectivity index (χ1n) is 13.7. The van der Waals surface area contributed by atoms with Crippen LogP contribution in [-0.4, -0.2) is 52.7 Å². The Morgan fingerprint density at radius 1 is 1.00 bits per heavy atom. The second-order valence-corrected chi connectivity index (χ2v) is 10.7. The van der Waals surface area contributed by atoms with E-state index < -0.39 is 11.2 Å². The van der Waals surface area contributed by atoms with Crippen molar-refractivity contribution in [2.24, 2.45) is 12.8 Å². The highest BCUT2D eigenvalue weighted by molar-refractivity contribution is 5.80. The number of benzene rings is 2. The summed E-state index contributed by atoms with van der Waals surface area (Å²) in [4.78, 5) is 43.9. The van der Waals surface area contributed by atoms with Crippen molar-refractivity contribution in [3.63, 3.8) is 0 Å². The number of para-hydroxylation sites is 1. The molecular formula is C30H31N9O2. The molecule has 1 aliphatic heterocycles. The maximum absolute atomic E-state index is 14.1. The molecule has 0 amide bonds. The first kappa shape index (κ1) is 26.6. The molecule has 0 radical (unpaired) electrons. The highest BCUT2D eigenvalue weighted by Crippen LogP contribution is 2.20. The summed E-state index contributed by atoms with van der Waals surface area (Å²) < 4.78 is 4.42. The number of likely N-dealkylation sites (tertiary alicyclic amines) is 1. The van der Waals surface area contributed by atoms with Gasteiger partial charge in [0.2, 0.25) is 0 Å². The van der Waals surface area contributed by atoms with E-state index in [4.69, 9.17) is 10.7 Å². The van der Waals surface area contributed by atoms with Crippen molar-refractivity contribution in [1.29, 1.82) is 5.26 Å². The molecule has 3 aromatic heterocycles. The number of hydrogen-bond donors (Lipinski definition) is 1. The van der Waals surface area contributed by atoms with Gasteiger partial charge in [0, 0.05) is 30.7 Å². The summed E-state index contributed by atoms with van der Waals surface area (Å²) in [7, 11) is 1.62. The third-order valence-corrected chi connectivity index (χ3v) is 7.82. The summed E-state index contributed by atoms with van der Waals surface area (Å²) in [6.07, 6.45) is 1.95. The Labute approximate surface area is 236 Å². The molecule has 0 spiro atoms. The van der Waals surface area contributed by atoms with Crippen molar-refractivity contribution in [2.45, 2.75) is 45.4 Å². The van der Waals surface area contributed by atoms with Crippen LogP contribution >= 0.6 is 0 Å². The second-order valence-electron chi connectivity index (χ2n) is 10.7. The fraction of sp³-hybridized carbons (Fsp3) is 0.333. The molecule has 0 aliphatic carbocycles. The number of rotatable bonds is 6. The zero-order chi connectivity index (χ0) is 28.7. The van der Waals surface area contributed by atoms with Crippen molar-refractivity contribution in [3.05, 3.63) is 97.8 Å². The van der Waals surface area contributed by atoms with Gasteiger partial charge in [0.15, 0.2) is 11.2 Å². The molecule has 11 nitrogen and oxygen atoms in total. The number of nitrogens with two attached hydrogens (primary N) is 1. The van der Waals surface area contributed by atoms with E-state index >= 15 is 0 Å². The van der Waals surface area contributed by atoms with E-state index in [1.165, 1.54) is 9.13 Å². The van der Waals surface area contributed by atoms with Gasteiger partial charge in [-0.25, -0.2) is 19.7 Å². The van der Waals surface area contributed by atoms with E-state index in [0.29, 0.717) is 34.9 Å². The lowest BCUT2D eigenvalue weighted by molar-refractivity contribution is 0.195. The molecule has 1 aliphatic rings. The van der Waals surface area contributed by atoms with Gasteiger partial charge in [-0.2, -0.15) is 5.26 Å². The molecule has 0 unspecified atom stereocenters. The van der Waals surface area contributed by atoms with E-state index in [2.05, 4.69) is 20.9 Å². The van der Waals surface area contributed by atoms with Crippen molar-refractivity contribution in [1.82, 2.24) is 33.6 Å². The van der Waals surface area contributed by atoms with Gasteiger partial charge in [-0.1, -0.05) is 36.4 Å². The summed E-state index contributed by atoms with van der Waals surface area (Å²) in [5.41, 5.74) is 8.69. The van der Waals surface area contributed by atoms with Gasteiger partial charge in [-0.15, -0.1) is 0 Å². The minimum atomic E-state index is -0.495. The third-order valence-electron chi connectivity index (χ3n) is 7.82. The summed E-state index contributed by atoms with van der Waals surface area (Å²) in [5.74, 6) is 1.02. The normalized spacial score (nSPS) is 15.9. The highest BCUT2D eigenvalue weighted by atomic mass is 16.2. The van der Waals surface area contributed by atoms with Crippen molar-refractivity contribution >= 4 is 22.1 Å². The molecule has 1 atom stereocenters. The van der Waals surface area contributed by atoms with Crippen LogP contribution in [0.5, 0.6) is 0 Å². The van der Waals surface area contributed by atoms with E-state index in [9.17, 15) is 14.9 Å². The Balaban J connectivity index is 1.51. The van der Waals surface area contributed by atoms with Crippen LogP contribution in [0.1, 0.15) is 41.3 Å². The second kappa shape index (κ2) is 10.7. The van der Waals surface area contributed by atoms with Crippen LogP contribution in [0.2, 0.25) is 0 Å². The van der Waals surface area contributed by atoms with Gasteiger partial charge in [0.1, 0.15) is 11.6 Å². The molecule has 5 aromatic rings. The van der Waals surface area contributed by atoms with Crippen LogP contribution < -0.4 is 17.0 Å². The minimum Gasteiger partial charge on any atom is -0.327 e. The Morgan fingerprint density at radius 3 is 2.59 bits per heavy atom. The Hall–Kier alpha value is -4.66. The standard InChI is InChI=1S/C30H31N9O2/c1-19-23-11-5-6-12-24(23)34-25(33-19)17-39-29(40)27-28(36(2)30(39)41)35-26(18-37-13-7-10-22(32)16-37)38(27)15-21-9-4-3-8-20(21)14-31/h3-6,8-9,11-12,22H,7,10,13,15-18,32H2,1-2H3/t22-/m1/s1. The topological polar surface area (TPSA) is 141 Å². The van der Waals surface area contributed by atoms with Crippen LogP contribution in [0.15, 0.2) is 58.1 Å². The smallest absolute Gasteiger partial charge is 0.327 e. The van der Waals surface area contributed by atoms with Gasteiger partial charge < -0.3 is 10.3 Å². The SMILES string of the molecule is Cc1nc(Cn2c(=O)c3c(nc(CN4CCC[C@@H](N)C4)n3Cc3ccccc3C#N)n(C)c2=O)nc2ccccc12. The average molecular weight is 550 g/mol. The fourth-order valence-electron chi connectivity index (χ4n) is 5.73. The number of piperidine rings is 1. The molecule has 2 aromatic carbocycles. The van der Waals surface area contributed by atoms with Gasteiger partial charge in [0.05, 0.1) is 36.8 Å². The Bertz CT molecular complexity index is 1950. The first-order valence-corrected chi connectivity index (χ1v) is 13.7. The van der Waals surface area contributed by atoms with Crippen LogP contribution in [0.4, 0.5) is 0 Å².